The maximum Gasteiger partial charge on any atom is 0.293 e. The Hall–Kier alpha value is -1.61. The van der Waals surface area contributed by atoms with Gasteiger partial charge in [0.2, 0.25) is 11.8 Å². The molecule has 0 aliphatic carbocycles. The third-order valence-corrected chi connectivity index (χ3v) is 5.70. The lowest BCUT2D eigenvalue weighted by Gasteiger charge is -2.31. The maximum atomic E-state index is 12.4. The molecule has 0 spiro atoms. The Morgan fingerprint density at radius 3 is 2.86 bits per heavy atom. The Morgan fingerprint density at radius 1 is 1.41 bits per heavy atom. The van der Waals surface area contributed by atoms with Gasteiger partial charge in [0.1, 0.15) is 6.04 Å². The molecule has 7 nitrogen and oxygen atoms in total. The van der Waals surface area contributed by atoms with E-state index in [4.69, 9.17) is 23.2 Å². The van der Waals surface area contributed by atoms with E-state index in [-0.39, 0.29) is 12.3 Å². The molecule has 1 saturated heterocycles. The average molecular weight is 441 g/mol. The first-order valence-corrected chi connectivity index (χ1v) is 10.3. The van der Waals surface area contributed by atoms with Crippen LogP contribution in [0.15, 0.2) is 18.2 Å². The molecule has 10 heteroatoms. The van der Waals surface area contributed by atoms with Crippen LogP contribution in [-0.4, -0.2) is 67.1 Å². The fraction of sp³-hybridized carbons (Fsp3) is 0.526. The molecule has 1 aromatic carbocycles. The first-order valence-electron chi connectivity index (χ1n) is 9.51. The van der Waals surface area contributed by atoms with Crippen molar-refractivity contribution in [3.05, 3.63) is 33.8 Å². The SMILES string of the molecule is CN([B]C=O)[C@H](Cc1ccc(Cl)c(Cl)c1)C(O)CC(=O)NC1CCCCNC1=O. The van der Waals surface area contributed by atoms with E-state index in [1.807, 2.05) is 0 Å². The van der Waals surface area contributed by atoms with Crippen LogP contribution in [0.2, 0.25) is 10.0 Å². The number of rotatable bonds is 9. The molecular weight excluding hydrogens is 416 g/mol. The van der Waals surface area contributed by atoms with E-state index >= 15 is 0 Å². The fourth-order valence-corrected chi connectivity index (χ4v) is 3.64. The van der Waals surface area contributed by atoms with Crippen LogP contribution in [-0.2, 0) is 20.8 Å². The van der Waals surface area contributed by atoms with Crippen LogP contribution in [0, 0.1) is 0 Å². The number of nitrogens with zero attached hydrogens (tertiary/aromatic N) is 1. The predicted octanol–water partition coefficient (Wildman–Crippen LogP) is 1.18. The van der Waals surface area contributed by atoms with E-state index in [0.717, 1.165) is 18.4 Å². The first kappa shape index (κ1) is 23.7. The highest BCUT2D eigenvalue weighted by Gasteiger charge is 2.28. The van der Waals surface area contributed by atoms with Crippen LogP contribution in [0.4, 0.5) is 0 Å². The molecule has 0 aromatic heterocycles. The number of carbonyl (C=O) groups excluding carboxylic acids is 3. The number of nitrogens with one attached hydrogen (secondary N) is 2. The molecule has 157 valence electrons. The largest absolute Gasteiger partial charge is 0.391 e. The molecule has 1 heterocycles. The standard InChI is InChI=1S/C19H25BCl2N3O4/c1-25(20-11-26)16(9-12-5-6-13(21)14(22)8-12)17(27)10-18(28)24-15-4-2-3-7-23-19(15)29/h5-6,8,11,15-17,27H,2-4,7,9-10H2,1H3,(H,23,29)(H,24,28)/t15?,16-,17?/m1/s1. The number of aliphatic hydroxyl groups is 1. The van der Waals surface area contributed by atoms with Crippen LogP contribution in [0.5, 0.6) is 0 Å². The fourth-order valence-electron chi connectivity index (χ4n) is 3.32. The van der Waals surface area contributed by atoms with Gasteiger partial charge in [-0.1, -0.05) is 29.3 Å². The number of likely N-dealkylation sites (N-methyl/N-ethyl adjacent to an activating group) is 1. The number of hydrogen-bond donors (Lipinski definition) is 3. The van der Waals surface area contributed by atoms with Gasteiger partial charge in [-0.05, 0) is 50.4 Å². The minimum absolute atomic E-state index is 0.202. The van der Waals surface area contributed by atoms with Crippen LogP contribution in [0.1, 0.15) is 31.2 Å². The van der Waals surface area contributed by atoms with Gasteiger partial charge in [-0.2, -0.15) is 0 Å². The molecule has 1 radical (unpaired) electrons. The average Bonchev–Trinajstić information content (AvgIpc) is 2.87. The van der Waals surface area contributed by atoms with E-state index < -0.39 is 24.1 Å². The molecule has 0 saturated carbocycles. The smallest absolute Gasteiger partial charge is 0.293 e. The van der Waals surface area contributed by atoms with Crippen molar-refractivity contribution in [2.24, 2.45) is 0 Å². The minimum Gasteiger partial charge on any atom is -0.391 e. The van der Waals surface area contributed by atoms with Crippen LogP contribution < -0.4 is 10.6 Å². The van der Waals surface area contributed by atoms with Crippen molar-refractivity contribution in [1.29, 1.82) is 0 Å². The van der Waals surface area contributed by atoms with Crippen molar-refractivity contribution in [2.75, 3.05) is 13.6 Å². The Morgan fingerprint density at radius 2 is 2.17 bits per heavy atom. The Balaban J connectivity index is 2.04. The summed E-state index contributed by atoms with van der Waals surface area (Å²) >= 11 is 12.0. The molecule has 2 rings (SSSR count). The summed E-state index contributed by atoms with van der Waals surface area (Å²) in [6, 6.07) is 3.98. The number of carbonyl (C=O) groups is 3. The Labute approximate surface area is 181 Å². The molecule has 1 aliphatic heterocycles. The van der Waals surface area contributed by atoms with Gasteiger partial charge in [0.15, 0.2) is 0 Å². The predicted molar refractivity (Wildman–Crippen MR) is 114 cm³/mol. The van der Waals surface area contributed by atoms with Gasteiger partial charge in [0, 0.05) is 12.6 Å². The lowest BCUT2D eigenvalue weighted by molar-refractivity contribution is -0.130. The topological polar surface area (TPSA) is 98.7 Å². The highest BCUT2D eigenvalue weighted by Crippen LogP contribution is 2.24. The van der Waals surface area contributed by atoms with Gasteiger partial charge in [0.05, 0.1) is 28.8 Å². The van der Waals surface area contributed by atoms with Crippen molar-refractivity contribution in [2.45, 2.75) is 50.3 Å². The monoisotopic (exact) mass is 440 g/mol. The second kappa shape index (κ2) is 11.5. The Bertz CT molecular complexity index is 737. The highest BCUT2D eigenvalue weighted by molar-refractivity contribution is 6.64. The summed E-state index contributed by atoms with van der Waals surface area (Å²) in [4.78, 5) is 36.9. The van der Waals surface area contributed by atoms with Crippen LogP contribution in [0.3, 0.4) is 0 Å². The van der Waals surface area contributed by atoms with Gasteiger partial charge in [-0.3, -0.25) is 9.59 Å². The van der Waals surface area contributed by atoms with E-state index in [9.17, 15) is 19.5 Å². The summed E-state index contributed by atoms with van der Waals surface area (Å²) in [5.41, 5.74) is 0.804. The molecule has 2 unspecified atom stereocenters. The molecule has 2 amide bonds. The molecular formula is C19H25BCl2N3O4. The molecule has 1 aromatic rings. The quantitative estimate of drug-likeness (QED) is 0.395. The Kier molecular flexibility index (Phi) is 9.43. The summed E-state index contributed by atoms with van der Waals surface area (Å²) in [6.45, 7) is 0.603. The summed E-state index contributed by atoms with van der Waals surface area (Å²) < 4.78 is 0. The summed E-state index contributed by atoms with van der Waals surface area (Å²) in [5, 5.41) is 17.0. The number of hydrogen-bond acceptors (Lipinski definition) is 5. The van der Waals surface area contributed by atoms with E-state index in [0.29, 0.717) is 35.6 Å². The molecule has 1 fully saturated rings. The molecule has 3 N–H and O–H groups in total. The second-order valence-electron chi connectivity index (χ2n) is 7.15. The van der Waals surface area contributed by atoms with Crippen molar-refractivity contribution < 1.29 is 19.5 Å². The van der Waals surface area contributed by atoms with Gasteiger partial charge >= 0.3 is 0 Å². The van der Waals surface area contributed by atoms with Crippen molar-refractivity contribution in [3.63, 3.8) is 0 Å². The number of amides is 2. The summed E-state index contributed by atoms with van der Waals surface area (Å²) in [7, 11) is 2.94. The van der Waals surface area contributed by atoms with Gasteiger partial charge in [0.25, 0.3) is 7.41 Å². The van der Waals surface area contributed by atoms with Crippen molar-refractivity contribution >= 4 is 48.6 Å². The van der Waals surface area contributed by atoms with Gasteiger partial charge in [-0.15, -0.1) is 0 Å². The molecule has 1 aliphatic rings. The zero-order valence-corrected chi connectivity index (χ0v) is 17.7. The number of aliphatic hydroxyl groups excluding tert-OH is 1. The molecule has 3 atom stereocenters. The van der Waals surface area contributed by atoms with Gasteiger partial charge in [-0.25, -0.2) is 0 Å². The lowest BCUT2D eigenvalue weighted by Crippen LogP contribution is -2.49. The lowest BCUT2D eigenvalue weighted by atomic mass is 9.87. The zero-order valence-electron chi connectivity index (χ0n) is 16.2. The zero-order chi connectivity index (χ0) is 21.4. The number of halogens is 2. The highest BCUT2D eigenvalue weighted by atomic mass is 35.5. The van der Waals surface area contributed by atoms with E-state index in [1.165, 1.54) is 7.41 Å². The number of benzene rings is 1. The normalized spacial score (nSPS) is 19.1. The summed E-state index contributed by atoms with van der Waals surface area (Å²) in [5.74, 6) is -0.623. The van der Waals surface area contributed by atoms with Crippen molar-refractivity contribution in [1.82, 2.24) is 15.4 Å². The van der Waals surface area contributed by atoms with Crippen LogP contribution in [0.25, 0.3) is 0 Å². The van der Waals surface area contributed by atoms with E-state index in [1.54, 1.807) is 30.1 Å². The van der Waals surface area contributed by atoms with E-state index in [2.05, 4.69) is 10.6 Å². The second-order valence-corrected chi connectivity index (χ2v) is 7.96. The third kappa shape index (κ3) is 7.30. The first-order chi connectivity index (χ1) is 13.8. The van der Waals surface area contributed by atoms with Crippen molar-refractivity contribution in [3.8, 4) is 0 Å². The molecule has 0 bridgehead atoms. The molecule has 29 heavy (non-hydrogen) atoms. The maximum absolute atomic E-state index is 12.4. The van der Waals surface area contributed by atoms with Gasteiger partial charge < -0.3 is 25.3 Å². The summed E-state index contributed by atoms with van der Waals surface area (Å²) in [6.07, 6.45) is 1.97. The van der Waals surface area contributed by atoms with Crippen LogP contribution >= 0.6 is 23.2 Å². The third-order valence-electron chi connectivity index (χ3n) is 4.96. The minimum atomic E-state index is -1.07.